The van der Waals surface area contributed by atoms with Gasteiger partial charge in [-0.2, -0.15) is 8.78 Å². The average Bonchev–Trinajstić information content (AvgIpc) is 1.44. The second kappa shape index (κ2) is 46.3. The summed E-state index contributed by atoms with van der Waals surface area (Å²) in [6.45, 7) is 74.2. The largest absolute Gasteiger partial charge is 1.00 e. The molecule has 1 aliphatic heterocycles. The van der Waals surface area contributed by atoms with Crippen LogP contribution in [-0.4, -0.2) is 214 Å². The van der Waals surface area contributed by atoms with Gasteiger partial charge < -0.3 is 83.6 Å². The molecule has 0 spiro atoms. The first-order chi connectivity index (χ1) is 45.1. The standard InChI is InChI=1S/C32H86O12Si11.C11H22O4.C10H18O4.C9H16F2O5S.Ag/c1-27-32(2,3)31(33)34-29-28-30-46(7,8)36-48(11,12)38-50(15,16)40-52(19,20)42-54(23,24)44-55(25,26)43-53(21,22)41-51(17,18)39-49(13,14)37-47(9,10)35-45(4,5)6;1-4-10(3)11(12)15-9-8-14-7-6-13-5-2;1-3-8(2)10(11)13-5-4-12-6-9-7-14-9;1-5-8(3,4)7(12)16-6(2)9(10,11)17(13,14)15;/h27-30H2,1-26H3;10H,4-9H2,1-3H3;8-9H,3-7H2,1-2H3;6H,5H2,1-4H3,(H,13,14,15);/q;;;;+1/p-1. The third-order valence-corrected chi connectivity index (χ3v) is 57.0. The van der Waals surface area contributed by atoms with Crippen LogP contribution < -0.4 is 0 Å². The summed E-state index contributed by atoms with van der Waals surface area (Å²) in [5, 5.41) is -4.63. The quantitative estimate of drug-likeness (QED) is 0.0136. The summed E-state index contributed by atoms with van der Waals surface area (Å²) in [6, 6.07) is 0.872. The van der Waals surface area contributed by atoms with Gasteiger partial charge in [-0.3, -0.25) is 19.2 Å². The molecule has 1 rings (SSSR count). The molecule has 0 radical (unpaired) electrons. The molecule has 4 atom stereocenters. The normalized spacial score (nSPS) is 15.7. The van der Waals surface area contributed by atoms with Gasteiger partial charge in [-0.05, 0) is 230 Å². The zero-order chi connectivity index (χ0) is 80.2. The SMILES string of the molecule is CCC(C)(C)C(=O)OC(C)C(F)(F)S(=O)(=O)[O-].CCC(C)(C)C(=O)OCCC[Si](C)(C)O[Si](C)(C)O[Si](C)(C)O[Si](C)(C)O[Si](C)(C)O[Si](C)(C)O[Si](C)(C)O[Si](C)(C)O[Si](C)(C)O[Si](C)(C)O[Si](C)(C)C.CCC(C)C(=O)OCCOCC1CO1.CCOCCOCCOC(=O)C(C)CC.[Ag+]. The molecule has 40 heteroatoms. The molecule has 1 aliphatic rings. The molecule has 25 nitrogen and oxygen atoms in total. The minimum absolute atomic E-state index is 0. The van der Waals surface area contributed by atoms with E-state index < -0.39 is 132 Å². The summed E-state index contributed by atoms with van der Waals surface area (Å²) in [5.41, 5.74) is -1.48. The van der Waals surface area contributed by atoms with Crippen molar-refractivity contribution in [2.24, 2.45) is 22.7 Å². The smallest absolute Gasteiger partial charge is 0.743 e. The molecule has 1 fully saturated rings. The van der Waals surface area contributed by atoms with Crippen LogP contribution in [0.1, 0.15) is 115 Å². The van der Waals surface area contributed by atoms with Crippen LogP contribution in [0.3, 0.4) is 0 Å². The van der Waals surface area contributed by atoms with Gasteiger partial charge in [0.25, 0.3) is 0 Å². The van der Waals surface area contributed by atoms with Gasteiger partial charge in [0.15, 0.2) is 32.9 Å². The molecule has 0 bridgehead atoms. The molecule has 614 valence electrons. The zero-order valence-corrected chi connectivity index (χ0v) is 82.6. The van der Waals surface area contributed by atoms with Crippen molar-refractivity contribution in [1.82, 2.24) is 0 Å². The van der Waals surface area contributed by atoms with E-state index in [2.05, 4.69) is 155 Å². The predicted molar refractivity (Wildman–Crippen MR) is 416 cm³/mol. The van der Waals surface area contributed by atoms with Crippen LogP contribution in [0.5, 0.6) is 0 Å². The van der Waals surface area contributed by atoms with E-state index in [1.54, 1.807) is 6.92 Å². The van der Waals surface area contributed by atoms with Crippen LogP contribution in [0.25, 0.3) is 0 Å². The molecule has 0 aliphatic carbocycles. The fraction of sp³-hybridized carbons (Fsp3) is 0.935. The van der Waals surface area contributed by atoms with Gasteiger partial charge >= 0.3 is 129 Å². The Bertz CT molecular complexity index is 2550. The molecule has 0 aromatic carbocycles. The molecular weight excluding hydrogens is 1630 g/mol. The van der Waals surface area contributed by atoms with E-state index in [-0.39, 0.29) is 58.2 Å². The van der Waals surface area contributed by atoms with Crippen LogP contribution in [0.4, 0.5) is 8.78 Å². The average molecular weight is 1770 g/mol. The number of hydrogen-bond donors (Lipinski definition) is 0. The summed E-state index contributed by atoms with van der Waals surface area (Å²) in [7, 11) is -33.5. The van der Waals surface area contributed by atoms with Crippen LogP contribution in [-0.2, 0) is 131 Å². The molecule has 102 heavy (non-hydrogen) atoms. The van der Waals surface area contributed by atoms with Crippen molar-refractivity contribution in [1.29, 1.82) is 0 Å². The predicted octanol–water partition coefficient (Wildman–Crippen LogP) is 15.0. The Balaban J connectivity index is -0.000000812. The Labute approximate surface area is 643 Å². The second-order valence-electron chi connectivity index (χ2n) is 32.1. The van der Waals surface area contributed by atoms with Gasteiger partial charge in [-0.15, -0.1) is 0 Å². The molecule has 0 aromatic heterocycles. The molecular formula is C62H141AgF2O25SSi11. The number of rotatable bonds is 47. The minimum Gasteiger partial charge on any atom is -0.743 e. The van der Waals surface area contributed by atoms with Gasteiger partial charge in [-0.1, -0.05) is 41.5 Å². The second-order valence-corrected chi connectivity index (χ2v) is 75.1. The van der Waals surface area contributed by atoms with Crippen molar-refractivity contribution in [3.63, 3.8) is 0 Å². The van der Waals surface area contributed by atoms with Crippen LogP contribution >= 0.6 is 0 Å². The number of halogens is 2. The van der Waals surface area contributed by atoms with Crippen molar-refractivity contribution >= 4 is 128 Å². The Morgan fingerprint density at radius 3 is 1.07 bits per heavy atom. The number of carbonyl (C=O) groups excluding carboxylic acids is 4. The van der Waals surface area contributed by atoms with Crippen LogP contribution in [0.15, 0.2) is 0 Å². The summed E-state index contributed by atoms with van der Waals surface area (Å²) < 4.78 is 165. The number of alkyl halides is 2. The maximum atomic E-state index is 13.0. The first kappa shape index (κ1) is 109. The fourth-order valence-electron chi connectivity index (χ4n) is 9.88. The van der Waals surface area contributed by atoms with Gasteiger partial charge in [0, 0.05) is 6.61 Å². The Morgan fingerprint density at radius 1 is 0.461 bits per heavy atom. The minimum atomic E-state index is -5.86. The molecule has 0 N–H and O–H groups in total. The third-order valence-electron chi connectivity index (χ3n) is 14.4. The monoisotopic (exact) mass is 1770 g/mol. The maximum absolute atomic E-state index is 13.0. The van der Waals surface area contributed by atoms with Gasteiger partial charge in [0.1, 0.15) is 19.3 Å². The van der Waals surface area contributed by atoms with Crippen molar-refractivity contribution in [3.8, 4) is 0 Å². The van der Waals surface area contributed by atoms with Crippen LogP contribution in [0, 0.1) is 22.7 Å². The summed E-state index contributed by atoms with van der Waals surface area (Å²) >= 11 is 0. The number of esters is 4. The first-order valence-corrected chi connectivity index (χ1v) is 68.8. The number of hydrogen-bond acceptors (Lipinski definition) is 25. The van der Waals surface area contributed by atoms with Gasteiger partial charge in [0.05, 0.1) is 68.9 Å². The Kier molecular flexibility index (Phi) is 49.2. The summed E-state index contributed by atoms with van der Waals surface area (Å²) in [6.07, 6.45) is 1.43. The fourth-order valence-corrected chi connectivity index (χ4v) is 65.7. The number of epoxide rings is 1. The van der Waals surface area contributed by atoms with E-state index in [0.717, 1.165) is 38.3 Å². The summed E-state index contributed by atoms with van der Waals surface area (Å²) in [4.78, 5) is 46.2. The molecule has 0 saturated carbocycles. The Hall–Kier alpha value is 0.216. The Morgan fingerprint density at radius 2 is 0.765 bits per heavy atom. The molecule has 0 aromatic rings. The van der Waals surface area contributed by atoms with E-state index in [0.29, 0.717) is 72.8 Å². The first-order valence-electron chi connectivity index (χ1n) is 35.5. The number of carbonyl (C=O) groups is 4. The van der Waals surface area contributed by atoms with E-state index in [9.17, 15) is 40.9 Å². The summed E-state index contributed by atoms with van der Waals surface area (Å²) in [5.74, 6) is -1.44. The zero-order valence-electron chi connectivity index (χ0n) is 69.3. The van der Waals surface area contributed by atoms with E-state index in [4.69, 9.17) is 74.3 Å². The van der Waals surface area contributed by atoms with Crippen molar-refractivity contribution in [2.75, 3.05) is 66.1 Å². The van der Waals surface area contributed by atoms with Gasteiger partial charge in [-0.25, -0.2) is 8.42 Å². The van der Waals surface area contributed by atoms with E-state index in [1.807, 2.05) is 55.4 Å². The third kappa shape index (κ3) is 52.4. The maximum Gasteiger partial charge on any atom is 1.00 e. The van der Waals surface area contributed by atoms with Crippen molar-refractivity contribution in [3.05, 3.63) is 0 Å². The van der Waals surface area contributed by atoms with Gasteiger partial charge in [0.2, 0.25) is 0 Å². The molecule has 1 heterocycles. The van der Waals surface area contributed by atoms with E-state index >= 15 is 0 Å². The van der Waals surface area contributed by atoms with Crippen LogP contribution in [0.2, 0.25) is 157 Å². The topological polar surface area (TPSA) is 295 Å². The molecule has 4 unspecified atom stereocenters. The number of ether oxygens (including phenoxy) is 8. The molecule has 0 amide bonds. The van der Waals surface area contributed by atoms with Crippen molar-refractivity contribution < 1.29 is 142 Å². The van der Waals surface area contributed by atoms with E-state index in [1.165, 1.54) is 13.8 Å². The molecule has 1 saturated heterocycles. The van der Waals surface area contributed by atoms with Crippen molar-refractivity contribution in [2.45, 2.75) is 289 Å².